The Kier molecular flexibility index (Phi) is 4.54. The van der Waals surface area contributed by atoms with E-state index in [1.807, 2.05) is 39.0 Å². The van der Waals surface area contributed by atoms with E-state index in [0.717, 1.165) is 16.9 Å². The second-order valence-corrected chi connectivity index (χ2v) is 5.07. The van der Waals surface area contributed by atoms with Crippen LogP contribution in [0.2, 0.25) is 0 Å². The maximum absolute atomic E-state index is 10.2. The molecule has 0 aliphatic carbocycles. The Morgan fingerprint density at radius 2 is 2.06 bits per heavy atom. The molecular weight excluding hydrogens is 214 g/mol. The third kappa shape index (κ3) is 3.45. The zero-order valence-electron chi connectivity index (χ0n) is 11.2. The van der Waals surface area contributed by atoms with Crippen molar-refractivity contribution in [3.8, 4) is 5.75 Å². The number of aryl methyl sites for hydroxylation is 1. The Bertz CT molecular complexity index is 372. The van der Waals surface area contributed by atoms with Crippen LogP contribution in [0.4, 0.5) is 0 Å². The lowest BCUT2D eigenvalue weighted by Gasteiger charge is -2.28. The van der Waals surface area contributed by atoms with Gasteiger partial charge in [0.15, 0.2) is 0 Å². The Morgan fingerprint density at radius 1 is 1.41 bits per heavy atom. The first-order chi connectivity index (χ1) is 7.88. The highest BCUT2D eigenvalue weighted by Gasteiger charge is 2.26. The molecule has 1 rings (SSSR count). The summed E-state index contributed by atoms with van der Waals surface area (Å²) in [6.07, 6.45) is 0. The van der Waals surface area contributed by atoms with E-state index in [9.17, 15) is 5.11 Å². The molecule has 0 aliphatic rings. The first-order valence-corrected chi connectivity index (χ1v) is 6.02. The minimum atomic E-state index is -0.825. The van der Waals surface area contributed by atoms with Crippen LogP contribution in [-0.2, 0) is 6.54 Å². The summed E-state index contributed by atoms with van der Waals surface area (Å²) >= 11 is 0. The van der Waals surface area contributed by atoms with Crippen molar-refractivity contribution in [2.24, 2.45) is 11.7 Å². The van der Waals surface area contributed by atoms with Crippen LogP contribution < -0.4 is 10.5 Å². The SMILES string of the molecule is Cc1cccc(CN)c1OCC(C)(O)C(C)C. The molecule has 17 heavy (non-hydrogen) atoms. The van der Waals surface area contributed by atoms with Gasteiger partial charge in [0.05, 0.1) is 5.60 Å². The number of aliphatic hydroxyl groups is 1. The van der Waals surface area contributed by atoms with Gasteiger partial charge < -0.3 is 15.6 Å². The van der Waals surface area contributed by atoms with E-state index in [2.05, 4.69) is 0 Å². The Morgan fingerprint density at radius 3 is 2.59 bits per heavy atom. The summed E-state index contributed by atoms with van der Waals surface area (Å²) in [4.78, 5) is 0. The van der Waals surface area contributed by atoms with Crippen molar-refractivity contribution in [3.05, 3.63) is 29.3 Å². The number of rotatable bonds is 5. The normalized spacial score (nSPS) is 14.8. The highest BCUT2D eigenvalue weighted by Crippen LogP contribution is 2.25. The van der Waals surface area contributed by atoms with Crippen molar-refractivity contribution >= 4 is 0 Å². The van der Waals surface area contributed by atoms with Crippen LogP contribution in [0.3, 0.4) is 0 Å². The maximum Gasteiger partial charge on any atom is 0.126 e. The van der Waals surface area contributed by atoms with Gasteiger partial charge in [-0.05, 0) is 25.3 Å². The molecule has 3 nitrogen and oxygen atoms in total. The second-order valence-electron chi connectivity index (χ2n) is 5.07. The van der Waals surface area contributed by atoms with Crippen molar-refractivity contribution in [2.45, 2.75) is 39.8 Å². The van der Waals surface area contributed by atoms with Gasteiger partial charge in [0.2, 0.25) is 0 Å². The maximum atomic E-state index is 10.2. The average molecular weight is 237 g/mol. The third-order valence-corrected chi connectivity index (χ3v) is 3.27. The Balaban J connectivity index is 2.82. The predicted octanol–water partition coefficient (Wildman–Crippen LogP) is 2.24. The molecule has 0 amide bonds. The van der Waals surface area contributed by atoms with Crippen LogP contribution >= 0.6 is 0 Å². The van der Waals surface area contributed by atoms with Gasteiger partial charge >= 0.3 is 0 Å². The van der Waals surface area contributed by atoms with Crippen molar-refractivity contribution in [3.63, 3.8) is 0 Å². The van der Waals surface area contributed by atoms with Crippen LogP contribution in [0.25, 0.3) is 0 Å². The fourth-order valence-electron chi connectivity index (χ4n) is 1.47. The van der Waals surface area contributed by atoms with E-state index in [0.29, 0.717) is 6.54 Å². The molecule has 0 heterocycles. The summed E-state index contributed by atoms with van der Waals surface area (Å²) in [5.41, 5.74) is 6.88. The topological polar surface area (TPSA) is 55.5 Å². The number of nitrogens with two attached hydrogens (primary N) is 1. The van der Waals surface area contributed by atoms with Crippen LogP contribution in [0.5, 0.6) is 5.75 Å². The van der Waals surface area contributed by atoms with Crippen LogP contribution in [0.15, 0.2) is 18.2 Å². The molecular formula is C14H23NO2. The quantitative estimate of drug-likeness (QED) is 0.825. The fraction of sp³-hybridized carbons (Fsp3) is 0.571. The molecule has 1 atom stereocenters. The van der Waals surface area contributed by atoms with E-state index in [4.69, 9.17) is 10.5 Å². The van der Waals surface area contributed by atoms with Gasteiger partial charge in [0.25, 0.3) is 0 Å². The van der Waals surface area contributed by atoms with Crippen LogP contribution in [-0.4, -0.2) is 17.3 Å². The number of benzene rings is 1. The van der Waals surface area contributed by atoms with E-state index in [-0.39, 0.29) is 12.5 Å². The summed E-state index contributed by atoms with van der Waals surface area (Å²) in [5.74, 6) is 0.948. The van der Waals surface area contributed by atoms with E-state index in [1.165, 1.54) is 0 Å². The molecule has 1 aromatic carbocycles. The Hall–Kier alpha value is -1.06. The van der Waals surface area contributed by atoms with Gasteiger partial charge in [0.1, 0.15) is 12.4 Å². The van der Waals surface area contributed by atoms with Crippen LogP contribution in [0, 0.1) is 12.8 Å². The second kappa shape index (κ2) is 5.52. The molecule has 96 valence electrons. The van der Waals surface area contributed by atoms with Gasteiger partial charge in [-0.3, -0.25) is 0 Å². The molecule has 0 aliphatic heterocycles. The first kappa shape index (κ1) is 14.0. The lowest BCUT2D eigenvalue weighted by atomic mass is 9.93. The first-order valence-electron chi connectivity index (χ1n) is 6.02. The molecule has 0 saturated heterocycles. The molecule has 0 bridgehead atoms. The fourth-order valence-corrected chi connectivity index (χ4v) is 1.47. The van der Waals surface area contributed by atoms with Gasteiger partial charge in [0, 0.05) is 12.1 Å². The average Bonchev–Trinajstić information content (AvgIpc) is 2.26. The standard InChI is InChI=1S/C14H23NO2/c1-10(2)14(4,16)9-17-13-11(3)6-5-7-12(13)8-15/h5-7,10,16H,8-9,15H2,1-4H3. The molecule has 1 unspecified atom stereocenters. The molecule has 3 heteroatoms. The summed E-state index contributed by atoms with van der Waals surface area (Å²) in [6, 6.07) is 5.90. The minimum Gasteiger partial charge on any atom is -0.490 e. The molecule has 0 aromatic heterocycles. The molecule has 3 N–H and O–H groups in total. The van der Waals surface area contributed by atoms with Gasteiger partial charge in [-0.2, -0.15) is 0 Å². The van der Waals surface area contributed by atoms with Gasteiger partial charge in [-0.25, -0.2) is 0 Å². The third-order valence-electron chi connectivity index (χ3n) is 3.27. The van der Waals surface area contributed by atoms with E-state index < -0.39 is 5.60 Å². The molecule has 0 spiro atoms. The number of ether oxygens (including phenoxy) is 1. The van der Waals surface area contributed by atoms with Crippen molar-refractivity contribution in [2.75, 3.05) is 6.61 Å². The Labute approximate surface area is 104 Å². The molecule has 0 radical (unpaired) electrons. The number of para-hydroxylation sites is 1. The molecule has 0 saturated carbocycles. The largest absolute Gasteiger partial charge is 0.490 e. The summed E-state index contributed by atoms with van der Waals surface area (Å²) < 4.78 is 5.75. The van der Waals surface area contributed by atoms with Crippen molar-refractivity contribution in [1.29, 1.82) is 0 Å². The zero-order chi connectivity index (χ0) is 13.1. The lowest BCUT2D eigenvalue weighted by Crippen LogP contribution is -2.38. The van der Waals surface area contributed by atoms with Crippen LogP contribution in [0.1, 0.15) is 31.9 Å². The molecule has 1 aromatic rings. The van der Waals surface area contributed by atoms with E-state index in [1.54, 1.807) is 6.92 Å². The van der Waals surface area contributed by atoms with Crippen molar-refractivity contribution < 1.29 is 9.84 Å². The number of hydrogen-bond acceptors (Lipinski definition) is 3. The van der Waals surface area contributed by atoms with E-state index >= 15 is 0 Å². The smallest absolute Gasteiger partial charge is 0.126 e. The van der Waals surface area contributed by atoms with Gasteiger partial charge in [-0.1, -0.05) is 32.0 Å². The predicted molar refractivity (Wildman–Crippen MR) is 70.0 cm³/mol. The highest BCUT2D eigenvalue weighted by atomic mass is 16.5. The van der Waals surface area contributed by atoms with Gasteiger partial charge in [-0.15, -0.1) is 0 Å². The molecule has 0 fully saturated rings. The lowest BCUT2D eigenvalue weighted by molar-refractivity contribution is -0.0270. The monoisotopic (exact) mass is 237 g/mol. The minimum absolute atomic E-state index is 0.146. The zero-order valence-corrected chi connectivity index (χ0v) is 11.2. The summed E-state index contributed by atoms with van der Waals surface area (Å²) in [6.45, 7) is 8.45. The highest BCUT2D eigenvalue weighted by molar-refractivity contribution is 5.40. The summed E-state index contributed by atoms with van der Waals surface area (Å²) in [5, 5.41) is 10.2. The summed E-state index contributed by atoms with van der Waals surface area (Å²) in [7, 11) is 0. The van der Waals surface area contributed by atoms with Crippen molar-refractivity contribution in [1.82, 2.24) is 0 Å². The number of hydrogen-bond donors (Lipinski definition) is 2.